The molecule has 202 valence electrons. The van der Waals surface area contributed by atoms with Crippen molar-refractivity contribution >= 4 is 46.6 Å². The van der Waals surface area contributed by atoms with E-state index in [4.69, 9.17) is 28.0 Å². The number of benzene rings is 1. The van der Waals surface area contributed by atoms with Crippen LogP contribution in [0.15, 0.2) is 36.7 Å². The van der Waals surface area contributed by atoms with E-state index in [0.29, 0.717) is 10.2 Å². The number of halogens is 5. The maximum Gasteiger partial charge on any atom is 0.408 e. The molecule has 2 heterocycles. The highest BCUT2D eigenvalue weighted by Crippen LogP contribution is 2.32. The molecule has 3 aromatic rings. The first-order chi connectivity index (χ1) is 17.8. The Morgan fingerprint density at radius 2 is 1.87 bits per heavy atom. The van der Waals surface area contributed by atoms with Gasteiger partial charge >= 0.3 is 6.18 Å². The highest BCUT2D eigenvalue weighted by molar-refractivity contribution is 6.33. The van der Waals surface area contributed by atoms with Gasteiger partial charge in [-0.3, -0.25) is 28.9 Å². The Balaban J connectivity index is 2.00. The van der Waals surface area contributed by atoms with Crippen molar-refractivity contribution in [2.45, 2.75) is 32.7 Å². The number of hydrogen-bond donors (Lipinski definition) is 3. The zero-order valence-electron chi connectivity index (χ0n) is 20.1. The van der Waals surface area contributed by atoms with Gasteiger partial charge in [0.2, 0.25) is 0 Å². The lowest BCUT2D eigenvalue weighted by atomic mass is 10.1. The average Bonchev–Trinajstić information content (AvgIpc) is 3.25. The van der Waals surface area contributed by atoms with E-state index in [-0.39, 0.29) is 38.2 Å². The molecule has 3 amide bonds. The second kappa shape index (κ2) is 11.8. The zero-order chi connectivity index (χ0) is 28.2. The summed E-state index contributed by atoms with van der Waals surface area (Å²) in [6.45, 7) is 1.45. The summed E-state index contributed by atoms with van der Waals surface area (Å²) < 4.78 is 40.2. The molecule has 3 rings (SSSR count). The average molecular weight is 573 g/mol. The maximum atomic E-state index is 13.3. The van der Waals surface area contributed by atoms with E-state index >= 15 is 0 Å². The van der Waals surface area contributed by atoms with Gasteiger partial charge in [-0.1, -0.05) is 23.2 Å². The number of rotatable bonds is 8. The zero-order valence-corrected chi connectivity index (χ0v) is 21.6. The van der Waals surface area contributed by atoms with Crippen molar-refractivity contribution in [2.75, 3.05) is 12.4 Å². The number of aryl methyl sites for hydroxylation is 1. The maximum absolute atomic E-state index is 13.3. The quantitative estimate of drug-likeness (QED) is 0.348. The number of nitrogens with zero attached hydrogens (tertiary/aromatic N) is 3. The Bertz CT molecular complexity index is 1380. The Hall–Kier alpha value is -3.68. The first kappa shape index (κ1) is 28.9. The summed E-state index contributed by atoms with van der Waals surface area (Å²) in [4.78, 5) is 46.9. The van der Waals surface area contributed by atoms with Crippen LogP contribution in [0.2, 0.25) is 10.0 Å². The van der Waals surface area contributed by atoms with Crippen molar-refractivity contribution in [3.8, 4) is 11.4 Å². The van der Waals surface area contributed by atoms with Crippen LogP contribution in [-0.4, -0.2) is 51.8 Å². The van der Waals surface area contributed by atoms with Crippen LogP contribution in [0.3, 0.4) is 0 Å². The van der Waals surface area contributed by atoms with E-state index in [2.05, 4.69) is 26.2 Å². The van der Waals surface area contributed by atoms with Crippen molar-refractivity contribution in [3.63, 3.8) is 0 Å². The molecule has 0 saturated heterocycles. The number of amides is 3. The number of anilines is 1. The molecule has 15 heteroatoms. The van der Waals surface area contributed by atoms with Gasteiger partial charge in [0.1, 0.15) is 17.9 Å². The van der Waals surface area contributed by atoms with E-state index < -0.39 is 36.5 Å². The summed E-state index contributed by atoms with van der Waals surface area (Å²) in [5.41, 5.74) is 1.69. The monoisotopic (exact) mass is 572 g/mol. The molecule has 10 nitrogen and oxygen atoms in total. The highest BCUT2D eigenvalue weighted by atomic mass is 35.5. The van der Waals surface area contributed by atoms with Gasteiger partial charge in [0.15, 0.2) is 6.10 Å². The Morgan fingerprint density at radius 1 is 1.16 bits per heavy atom. The van der Waals surface area contributed by atoms with Gasteiger partial charge in [0.25, 0.3) is 17.7 Å². The van der Waals surface area contributed by atoms with E-state index in [1.54, 1.807) is 6.92 Å². The molecular weight excluding hydrogens is 552 g/mol. The molecule has 2 aromatic heterocycles. The van der Waals surface area contributed by atoms with Gasteiger partial charge < -0.3 is 10.6 Å². The minimum absolute atomic E-state index is 0.00407. The van der Waals surface area contributed by atoms with Gasteiger partial charge in [-0.25, -0.2) is 5.48 Å². The van der Waals surface area contributed by atoms with E-state index in [1.165, 1.54) is 44.4 Å². The lowest BCUT2D eigenvalue weighted by molar-refractivity contribution is -0.142. The number of alkyl halides is 3. The molecule has 0 aliphatic heterocycles. The second-order valence-corrected chi connectivity index (χ2v) is 8.76. The summed E-state index contributed by atoms with van der Waals surface area (Å²) >= 11 is 12.3. The molecule has 3 N–H and O–H groups in total. The standard InChI is InChI=1S/C23H21Cl2F3N6O4/c1-11-7-13(24)8-14(22(37)33-38-12(2)20(35)29-3)17(11)32-21(36)15-9-31-34(10-23(26,27)28)19(15)18-16(25)5-4-6-30-18/h4-9,12H,10H2,1-3H3,(H,29,35)(H,32,36)(H,33,37). The second-order valence-electron chi connectivity index (χ2n) is 7.92. The number of likely N-dealkylation sites (N-methyl/N-ethyl adjacent to an activating group) is 1. The smallest absolute Gasteiger partial charge is 0.357 e. The molecule has 0 aliphatic carbocycles. The number of hydrogen-bond acceptors (Lipinski definition) is 6. The predicted molar refractivity (Wildman–Crippen MR) is 133 cm³/mol. The molecule has 38 heavy (non-hydrogen) atoms. The first-order valence-electron chi connectivity index (χ1n) is 10.8. The Morgan fingerprint density at radius 3 is 2.50 bits per heavy atom. The molecule has 1 aromatic carbocycles. The third kappa shape index (κ3) is 6.79. The first-order valence-corrected chi connectivity index (χ1v) is 11.6. The third-order valence-electron chi connectivity index (χ3n) is 5.12. The Labute approximate surface area is 224 Å². The molecule has 0 bridgehead atoms. The summed E-state index contributed by atoms with van der Waals surface area (Å²) in [6, 6.07) is 5.59. The molecule has 0 fully saturated rings. The van der Waals surface area contributed by atoms with Crippen molar-refractivity contribution in [1.82, 2.24) is 25.6 Å². The van der Waals surface area contributed by atoms with Gasteiger partial charge in [-0.15, -0.1) is 0 Å². The predicted octanol–water partition coefficient (Wildman–Crippen LogP) is 4.17. The molecule has 1 unspecified atom stereocenters. The van der Waals surface area contributed by atoms with Crippen LogP contribution in [0.25, 0.3) is 11.4 Å². The number of aromatic nitrogens is 3. The van der Waals surface area contributed by atoms with Gasteiger partial charge in [-0.05, 0) is 43.7 Å². The Kier molecular flexibility index (Phi) is 8.97. The SMILES string of the molecule is CNC(=O)C(C)ONC(=O)c1cc(Cl)cc(C)c1NC(=O)c1cnn(CC(F)(F)F)c1-c1ncccc1Cl. The summed E-state index contributed by atoms with van der Waals surface area (Å²) in [6.07, 6.45) is -3.44. The number of pyridine rings is 1. The van der Waals surface area contributed by atoms with Crippen LogP contribution < -0.4 is 16.1 Å². The van der Waals surface area contributed by atoms with Gasteiger partial charge in [0.05, 0.1) is 28.0 Å². The van der Waals surface area contributed by atoms with Crippen molar-refractivity contribution in [3.05, 3.63) is 63.4 Å². The molecule has 0 saturated carbocycles. The fourth-order valence-electron chi connectivity index (χ4n) is 3.37. The number of nitrogens with one attached hydrogen (secondary N) is 3. The van der Waals surface area contributed by atoms with E-state index in [0.717, 1.165) is 6.20 Å². The summed E-state index contributed by atoms with van der Waals surface area (Å²) in [5, 5.41) is 8.77. The highest BCUT2D eigenvalue weighted by Gasteiger charge is 2.32. The van der Waals surface area contributed by atoms with Crippen LogP contribution in [0.5, 0.6) is 0 Å². The van der Waals surface area contributed by atoms with Crippen molar-refractivity contribution < 1.29 is 32.4 Å². The van der Waals surface area contributed by atoms with Crippen LogP contribution in [0.4, 0.5) is 18.9 Å². The summed E-state index contributed by atoms with van der Waals surface area (Å²) in [5.74, 6) is -2.24. The normalized spacial score (nSPS) is 12.1. The minimum atomic E-state index is -4.65. The van der Waals surface area contributed by atoms with Crippen molar-refractivity contribution in [1.29, 1.82) is 0 Å². The minimum Gasteiger partial charge on any atom is -0.357 e. The van der Waals surface area contributed by atoms with Crippen LogP contribution in [0, 0.1) is 6.92 Å². The van der Waals surface area contributed by atoms with E-state index in [1.807, 2.05) is 0 Å². The molecular formula is C23H21Cl2F3N6O4. The largest absolute Gasteiger partial charge is 0.408 e. The fraction of sp³-hybridized carbons (Fsp3) is 0.261. The molecule has 1 atom stereocenters. The van der Waals surface area contributed by atoms with Crippen molar-refractivity contribution in [2.24, 2.45) is 0 Å². The number of carbonyl (C=O) groups is 3. The number of hydroxylamine groups is 1. The molecule has 0 aliphatic rings. The lowest BCUT2D eigenvalue weighted by Crippen LogP contribution is -2.38. The summed E-state index contributed by atoms with van der Waals surface area (Å²) in [7, 11) is 1.39. The van der Waals surface area contributed by atoms with Crippen LogP contribution in [-0.2, 0) is 16.2 Å². The van der Waals surface area contributed by atoms with Crippen LogP contribution in [0.1, 0.15) is 33.2 Å². The van der Waals surface area contributed by atoms with Gasteiger partial charge in [-0.2, -0.15) is 18.3 Å². The van der Waals surface area contributed by atoms with Gasteiger partial charge in [0, 0.05) is 18.3 Å². The fourth-order valence-corrected chi connectivity index (χ4v) is 3.86. The van der Waals surface area contributed by atoms with E-state index in [9.17, 15) is 27.6 Å². The molecule has 0 radical (unpaired) electrons. The lowest BCUT2D eigenvalue weighted by Gasteiger charge is -2.17. The third-order valence-corrected chi connectivity index (χ3v) is 5.65. The molecule has 0 spiro atoms. The number of carbonyl (C=O) groups excluding carboxylic acids is 3. The van der Waals surface area contributed by atoms with Crippen LogP contribution >= 0.6 is 23.2 Å². The topological polar surface area (TPSA) is 127 Å².